The zero-order chi connectivity index (χ0) is 15.7. The lowest BCUT2D eigenvalue weighted by Crippen LogP contribution is -2.48. The summed E-state index contributed by atoms with van der Waals surface area (Å²) in [6, 6.07) is 9.16. The lowest BCUT2D eigenvalue weighted by Gasteiger charge is -2.36. The van der Waals surface area contributed by atoms with E-state index in [2.05, 4.69) is 19.2 Å². The zero-order valence-corrected chi connectivity index (χ0v) is 13.3. The first-order valence-corrected chi connectivity index (χ1v) is 8.26. The molecule has 4 nitrogen and oxygen atoms in total. The highest BCUT2D eigenvalue weighted by atomic mass is 16.2. The lowest BCUT2D eigenvalue weighted by molar-refractivity contribution is -0.121. The van der Waals surface area contributed by atoms with Crippen LogP contribution in [0.25, 0.3) is 0 Å². The minimum absolute atomic E-state index is 0.106. The molecule has 2 aliphatic rings. The maximum Gasteiger partial charge on any atom is 0.251 e. The van der Waals surface area contributed by atoms with E-state index in [-0.39, 0.29) is 24.3 Å². The summed E-state index contributed by atoms with van der Waals surface area (Å²) in [4.78, 5) is 26.2. The second-order valence-electron chi connectivity index (χ2n) is 6.70. The van der Waals surface area contributed by atoms with Crippen molar-refractivity contribution < 1.29 is 9.59 Å². The maximum atomic E-state index is 12.6. The van der Waals surface area contributed by atoms with Crippen LogP contribution in [0.5, 0.6) is 0 Å². The lowest BCUT2D eigenvalue weighted by atomic mass is 9.78. The Morgan fingerprint density at radius 3 is 2.55 bits per heavy atom. The highest BCUT2D eigenvalue weighted by Crippen LogP contribution is 2.31. The standard InChI is InChI=1S/C18H24N2O2/c1-12-7-6-10-15(13(12)2)19-16-11-17(21)20(18(16)22)14-8-4-3-5-9-14/h3-5,8-9,12-13,15-16,19H,6-7,10-11H2,1-2H3/t12-,13+,15+,16-/m1/s1. The molecule has 0 bridgehead atoms. The topological polar surface area (TPSA) is 49.4 Å². The quantitative estimate of drug-likeness (QED) is 0.873. The van der Waals surface area contributed by atoms with Crippen molar-refractivity contribution in [3.63, 3.8) is 0 Å². The Morgan fingerprint density at radius 1 is 1.09 bits per heavy atom. The van der Waals surface area contributed by atoms with Gasteiger partial charge in [-0.25, -0.2) is 4.90 Å². The molecule has 0 unspecified atom stereocenters. The van der Waals surface area contributed by atoms with Crippen LogP contribution in [-0.4, -0.2) is 23.9 Å². The van der Waals surface area contributed by atoms with Gasteiger partial charge in [0.1, 0.15) is 0 Å². The second-order valence-corrected chi connectivity index (χ2v) is 6.70. The third-order valence-electron chi connectivity index (χ3n) is 5.28. The number of carbonyl (C=O) groups is 2. The van der Waals surface area contributed by atoms with Gasteiger partial charge in [0.15, 0.2) is 0 Å². The minimum atomic E-state index is -0.370. The van der Waals surface area contributed by atoms with Crippen molar-refractivity contribution in [3.05, 3.63) is 30.3 Å². The Hall–Kier alpha value is -1.68. The van der Waals surface area contributed by atoms with Gasteiger partial charge in [-0.1, -0.05) is 44.9 Å². The van der Waals surface area contributed by atoms with Gasteiger partial charge >= 0.3 is 0 Å². The predicted octanol–water partition coefficient (Wildman–Crippen LogP) is 2.73. The van der Waals surface area contributed by atoms with Crippen molar-refractivity contribution in [1.82, 2.24) is 5.32 Å². The molecule has 4 atom stereocenters. The van der Waals surface area contributed by atoms with E-state index < -0.39 is 0 Å². The highest BCUT2D eigenvalue weighted by Gasteiger charge is 2.41. The van der Waals surface area contributed by atoms with E-state index in [1.807, 2.05) is 30.3 Å². The summed E-state index contributed by atoms with van der Waals surface area (Å²) < 4.78 is 0. The summed E-state index contributed by atoms with van der Waals surface area (Å²) in [5.41, 5.74) is 0.673. The summed E-state index contributed by atoms with van der Waals surface area (Å²) in [6.45, 7) is 4.52. The molecule has 4 heteroatoms. The number of benzene rings is 1. The smallest absolute Gasteiger partial charge is 0.251 e. The van der Waals surface area contributed by atoms with E-state index in [1.165, 1.54) is 17.7 Å². The van der Waals surface area contributed by atoms with E-state index in [0.717, 1.165) is 6.42 Å². The van der Waals surface area contributed by atoms with Crippen LogP contribution in [0.2, 0.25) is 0 Å². The molecule has 1 N–H and O–H groups in total. The summed E-state index contributed by atoms with van der Waals surface area (Å²) >= 11 is 0. The molecule has 2 amide bonds. The van der Waals surface area contributed by atoms with Gasteiger partial charge in [0.05, 0.1) is 18.2 Å². The number of para-hydroxylation sites is 1. The van der Waals surface area contributed by atoms with Gasteiger partial charge < -0.3 is 5.32 Å². The normalized spacial score (nSPS) is 32.5. The van der Waals surface area contributed by atoms with Crippen molar-refractivity contribution in [2.75, 3.05) is 4.90 Å². The molecule has 2 fully saturated rings. The van der Waals surface area contributed by atoms with E-state index in [9.17, 15) is 9.59 Å². The van der Waals surface area contributed by atoms with Crippen LogP contribution < -0.4 is 10.2 Å². The van der Waals surface area contributed by atoms with Gasteiger partial charge in [-0.3, -0.25) is 9.59 Å². The van der Waals surface area contributed by atoms with Gasteiger partial charge in [-0.05, 0) is 30.4 Å². The molecule has 118 valence electrons. The fourth-order valence-corrected chi connectivity index (χ4v) is 3.69. The molecule has 3 rings (SSSR count). The monoisotopic (exact) mass is 300 g/mol. The molecule has 1 aliphatic heterocycles. The van der Waals surface area contributed by atoms with Crippen molar-refractivity contribution >= 4 is 17.5 Å². The van der Waals surface area contributed by atoms with Crippen LogP contribution in [0, 0.1) is 11.8 Å². The van der Waals surface area contributed by atoms with Crippen LogP contribution in [-0.2, 0) is 9.59 Å². The number of imide groups is 1. The Labute approximate surface area is 131 Å². The number of amides is 2. The molecule has 0 radical (unpaired) electrons. The van der Waals surface area contributed by atoms with Crippen molar-refractivity contribution in [3.8, 4) is 0 Å². The first-order valence-electron chi connectivity index (χ1n) is 8.26. The molecular weight excluding hydrogens is 276 g/mol. The number of carbonyl (C=O) groups excluding carboxylic acids is 2. The van der Waals surface area contributed by atoms with Crippen LogP contribution in [0.1, 0.15) is 39.5 Å². The highest BCUT2D eigenvalue weighted by molar-refractivity contribution is 6.22. The van der Waals surface area contributed by atoms with Gasteiger partial charge in [-0.2, -0.15) is 0 Å². The van der Waals surface area contributed by atoms with Crippen LogP contribution >= 0.6 is 0 Å². The molecule has 1 aromatic carbocycles. The maximum absolute atomic E-state index is 12.6. The van der Waals surface area contributed by atoms with Crippen molar-refractivity contribution in [1.29, 1.82) is 0 Å². The van der Waals surface area contributed by atoms with Crippen molar-refractivity contribution in [2.45, 2.75) is 51.6 Å². The molecule has 1 heterocycles. The minimum Gasteiger partial charge on any atom is -0.302 e. The van der Waals surface area contributed by atoms with Gasteiger partial charge in [0, 0.05) is 6.04 Å². The first-order chi connectivity index (χ1) is 10.6. The van der Waals surface area contributed by atoms with E-state index >= 15 is 0 Å². The second kappa shape index (κ2) is 6.21. The third kappa shape index (κ3) is 2.80. The molecular formula is C18H24N2O2. The molecule has 1 aromatic rings. The predicted molar refractivity (Wildman–Crippen MR) is 86.4 cm³/mol. The SMILES string of the molecule is C[C@H]1[C@H](C)CCC[C@@H]1N[C@@H]1CC(=O)N(c2ccccc2)C1=O. The summed E-state index contributed by atoms with van der Waals surface area (Å²) in [5.74, 6) is 0.998. The average molecular weight is 300 g/mol. The van der Waals surface area contributed by atoms with E-state index in [1.54, 1.807) is 0 Å². The van der Waals surface area contributed by atoms with Crippen molar-refractivity contribution in [2.24, 2.45) is 11.8 Å². The molecule has 0 aromatic heterocycles. The summed E-state index contributed by atoms with van der Waals surface area (Å²) in [5, 5.41) is 3.47. The largest absolute Gasteiger partial charge is 0.302 e. The zero-order valence-electron chi connectivity index (χ0n) is 13.3. The Morgan fingerprint density at radius 2 is 1.82 bits per heavy atom. The Balaban J connectivity index is 1.72. The van der Waals surface area contributed by atoms with E-state index in [0.29, 0.717) is 23.6 Å². The first kappa shape index (κ1) is 15.2. The van der Waals surface area contributed by atoms with Crippen LogP contribution in [0.3, 0.4) is 0 Å². The Bertz CT molecular complexity index is 557. The van der Waals surface area contributed by atoms with E-state index in [4.69, 9.17) is 0 Å². The number of hydrogen-bond donors (Lipinski definition) is 1. The number of nitrogens with one attached hydrogen (secondary N) is 1. The molecule has 22 heavy (non-hydrogen) atoms. The number of rotatable bonds is 3. The number of hydrogen-bond acceptors (Lipinski definition) is 3. The van der Waals surface area contributed by atoms with Crippen LogP contribution in [0.4, 0.5) is 5.69 Å². The van der Waals surface area contributed by atoms with Crippen LogP contribution in [0.15, 0.2) is 30.3 Å². The fourth-order valence-electron chi connectivity index (χ4n) is 3.69. The summed E-state index contributed by atoms with van der Waals surface area (Å²) in [7, 11) is 0. The summed E-state index contributed by atoms with van der Waals surface area (Å²) in [6.07, 6.45) is 3.81. The number of anilines is 1. The Kier molecular flexibility index (Phi) is 4.30. The fraction of sp³-hybridized carbons (Fsp3) is 0.556. The average Bonchev–Trinajstić information content (AvgIpc) is 2.79. The molecule has 1 saturated heterocycles. The molecule has 0 spiro atoms. The van der Waals surface area contributed by atoms with Gasteiger partial charge in [-0.15, -0.1) is 0 Å². The molecule has 1 aliphatic carbocycles. The molecule has 1 saturated carbocycles. The van der Waals surface area contributed by atoms with Gasteiger partial charge in [0.2, 0.25) is 5.91 Å². The van der Waals surface area contributed by atoms with Gasteiger partial charge in [0.25, 0.3) is 5.91 Å². The third-order valence-corrected chi connectivity index (χ3v) is 5.28. The number of nitrogens with zero attached hydrogens (tertiary/aromatic N) is 1.